The number of benzene rings is 1. The van der Waals surface area contributed by atoms with Crippen molar-refractivity contribution in [1.29, 1.82) is 0 Å². The highest BCUT2D eigenvalue weighted by molar-refractivity contribution is 5.68. The number of likely N-dealkylation sites (tertiary alicyclic amines) is 2. The molecule has 3 rings (SSSR count). The predicted octanol–water partition coefficient (Wildman–Crippen LogP) is 3.52. The van der Waals surface area contributed by atoms with Gasteiger partial charge in [0, 0.05) is 31.6 Å². The van der Waals surface area contributed by atoms with E-state index in [1.165, 1.54) is 12.0 Å². The summed E-state index contributed by atoms with van der Waals surface area (Å²) in [6, 6.07) is 10.6. The maximum atomic E-state index is 12.3. The van der Waals surface area contributed by atoms with Crippen LogP contribution in [-0.2, 0) is 11.3 Å². The molecule has 1 spiro atoms. The Morgan fingerprint density at radius 2 is 1.83 bits per heavy atom. The van der Waals surface area contributed by atoms with Crippen molar-refractivity contribution in [3.63, 3.8) is 0 Å². The molecule has 0 aliphatic carbocycles. The summed E-state index contributed by atoms with van der Waals surface area (Å²) in [4.78, 5) is 16.7. The molecule has 0 unspecified atom stereocenters. The van der Waals surface area contributed by atoms with Gasteiger partial charge in [-0.05, 0) is 45.7 Å². The van der Waals surface area contributed by atoms with E-state index in [1.54, 1.807) is 0 Å². The summed E-state index contributed by atoms with van der Waals surface area (Å²) in [6.07, 6.45) is 2.12. The van der Waals surface area contributed by atoms with Crippen molar-refractivity contribution in [3.8, 4) is 0 Å². The fraction of sp³-hybridized carbons (Fsp3) is 0.632. The second-order valence-electron chi connectivity index (χ2n) is 8.10. The van der Waals surface area contributed by atoms with E-state index in [9.17, 15) is 4.79 Å². The van der Waals surface area contributed by atoms with Crippen LogP contribution in [0.5, 0.6) is 0 Å². The van der Waals surface area contributed by atoms with Gasteiger partial charge in [0.25, 0.3) is 0 Å². The largest absolute Gasteiger partial charge is 0.444 e. The molecule has 2 fully saturated rings. The van der Waals surface area contributed by atoms with Gasteiger partial charge in [0.05, 0.1) is 0 Å². The number of hydrogen-bond acceptors (Lipinski definition) is 3. The maximum Gasteiger partial charge on any atom is 0.410 e. The van der Waals surface area contributed by atoms with Crippen molar-refractivity contribution in [1.82, 2.24) is 9.80 Å². The van der Waals surface area contributed by atoms with Gasteiger partial charge in [0.15, 0.2) is 0 Å². The monoisotopic (exact) mass is 316 g/mol. The topological polar surface area (TPSA) is 32.8 Å². The van der Waals surface area contributed by atoms with Gasteiger partial charge in [0.2, 0.25) is 0 Å². The molecule has 0 bridgehead atoms. The molecule has 0 radical (unpaired) electrons. The third-order valence-electron chi connectivity index (χ3n) is 4.86. The van der Waals surface area contributed by atoms with Crippen molar-refractivity contribution in [2.24, 2.45) is 5.41 Å². The van der Waals surface area contributed by atoms with Gasteiger partial charge >= 0.3 is 6.09 Å². The van der Waals surface area contributed by atoms with Crippen LogP contribution in [0, 0.1) is 5.41 Å². The highest BCUT2D eigenvalue weighted by Gasteiger charge is 2.45. The summed E-state index contributed by atoms with van der Waals surface area (Å²) >= 11 is 0. The van der Waals surface area contributed by atoms with Crippen molar-refractivity contribution in [3.05, 3.63) is 35.9 Å². The number of ether oxygens (including phenoxy) is 1. The van der Waals surface area contributed by atoms with Crippen LogP contribution in [0.3, 0.4) is 0 Å². The Labute approximate surface area is 139 Å². The van der Waals surface area contributed by atoms with Crippen molar-refractivity contribution >= 4 is 6.09 Å². The van der Waals surface area contributed by atoms with Gasteiger partial charge in [-0.25, -0.2) is 4.79 Å². The van der Waals surface area contributed by atoms with Crippen LogP contribution in [0.25, 0.3) is 0 Å². The zero-order chi connectivity index (χ0) is 16.5. The molecule has 2 aliphatic heterocycles. The molecule has 1 aromatic rings. The van der Waals surface area contributed by atoms with E-state index in [0.29, 0.717) is 0 Å². The minimum atomic E-state index is -0.415. The molecular formula is C19H28N2O2. The van der Waals surface area contributed by atoms with E-state index in [0.717, 1.165) is 39.1 Å². The van der Waals surface area contributed by atoms with Crippen LogP contribution < -0.4 is 0 Å². The molecule has 4 heteroatoms. The zero-order valence-electron chi connectivity index (χ0n) is 14.5. The Morgan fingerprint density at radius 1 is 1.13 bits per heavy atom. The van der Waals surface area contributed by atoms with Crippen LogP contribution >= 0.6 is 0 Å². The van der Waals surface area contributed by atoms with E-state index in [4.69, 9.17) is 4.74 Å². The van der Waals surface area contributed by atoms with Gasteiger partial charge in [-0.1, -0.05) is 30.3 Å². The first kappa shape index (κ1) is 16.3. The van der Waals surface area contributed by atoms with Crippen LogP contribution in [0.4, 0.5) is 4.79 Å². The van der Waals surface area contributed by atoms with Crippen molar-refractivity contribution in [2.45, 2.75) is 45.8 Å². The fourth-order valence-electron chi connectivity index (χ4n) is 3.75. The summed E-state index contributed by atoms with van der Waals surface area (Å²) in [5, 5.41) is 0. The fourth-order valence-corrected chi connectivity index (χ4v) is 3.75. The maximum absolute atomic E-state index is 12.3. The van der Waals surface area contributed by atoms with Gasteiger partial charge < -0.3 is 9.64 Å². The lowest BCUT2D eigenvalue weighted by molar-refractivity contribution is 0.0274. The Morgan fingerprint density at radius 3 is 2.52 bits per heavy atom. The molecule has 23 heavy (non-hydrogen) atoms. The van der Waals surface area contributed by atoms with Crippen molar-refractivity contribution in [2.75, 3.05) is 26.2 Å². The summed E-state index contributed by atoms with van der Waals surface area (Å²) in [5.41, 5.74) is 1.22. The number of carbonyl (C=O) groups is 1. The quantitative estimate of drug-likeness (QED) is 0.837. The number of amides is 1. The number of nitrogens with zero attached hydrogens (tertiary/aromatic N) is 2. The first-order chi connectivity index (χ1) is 10.9. The van der Waals surface area contributed by atoms with Gasteiger partial charge in [-0.15, -0.1) is 0 Å². The number of hydrogen-bond donors (Lipinski definition) is 0. The summed E-state index contributed by atoms with van der Waals surface area (Å²) in [5.74, 6) is 0. The third kappa shape index (κ3) is 4.05. The number of carbonyl (C=O) groups excluding carboxylic acids is 1. The molecule has 2 aliphatic rings. The predicted molar refractivity (Wildman–Crippen MR) is 91.2 cm³/mol. The van der Waals surface area contributed by atoms with E-state index in [1.807, 2.05) is 25.7 Å². The molecular weight excluding hydrogens is 288 g/mol. The first-order valence-corrected chi connectivity index (χ1v) is 8.60. The van der Waals surface area contributed by atoms with Gasteiger partial charge in [-0.3, -0.25) is 4.90 Å². The molecule has 1 amide bonds. The van der Waals surface area contributed by atoms with Crippen molar-refractivity contribution < 1.29 is 9.53 Å². The van der Waals surface area contributed by atoms with E-state index in [-0.39, 0.29) is 11.5 Å². The molecule has 1 aromatic carbocycles. The minimum Gasteiger partial charge on any atom is -0.444 e. The van der Waals surface area contributed by atoms with E-state index < -0.39 is 5.60 Å². The first-order valence-electron chi connectivity index (χ1n) is 8.60. The highest BCUT2D eigenvalue weighted by atomic mass is 16.6. The van der Waals surface area contributed by atoms with Crippen LogP contribution in [-0.4, -0.2) is 47.7 Å². The molecule has 2 saturated heterocycles. The molecule has 126 valence electrons. The van der Waals surface area contributed by atoms with Gasteiger partial charge in [-0.2, -0.15) is 0 Å². The average molecular weight is 316 g/mol. The molecule has 0 saturated carbocycles. The zero-order valence-corrected chi connectivity index (χ0v) is 14.5. The van der Waals surface area contributed by atoms with E-state index >= 15 is 0 Å². The molecule has 0 N–H and O–H groups in total. The van der Waals surface area contributed by atoms with Gasteiger partial charge in [0.1, 0.15) is 5.60 Å². The lowest BCUT2D eigenvalue weighted by atomic mass is 9.86. The lowest BCUT2D eigenvalue weighted by Gasteiger charge is -2.27. The molecule has 1 atom stereocenters. The summed E-state index contributed by atoms with van der Waals surface area (Å²) in [7, 11) is 0. The van der Waals surface area contributed by atoms with Crippen LogP contribution in [0.2, 0.25) is 0 Å². The SMILES string of the molecule is CC(C)(C)OC(=O)N1CC[C@]2(CCN(Cc3ccccc3)C2)C1. The Hall–Kier alpha value is -1.55. The molecule has 4 nitrogen and oxygen atoms in total. The Balaban J connectivity index is 1.55. The second kappa shape index (κ2) is 6.16. The molecule has 0 aromatic heterocycles. The highest BCUT2D eigenvalue weighted by Crippen LogP contribution is 2.40. The third-order valence-corrected chi connectivity index (χ3v) is 4.86. The summed E-state index contributed by atoms with van der Waals surface area (Å²) < 4.78 is 5.52. The minimum absolute atomic E-state index is 0.157. The standard InChI is InChI=1S/C19H28N2O2/c1-18(2,3)23-17(22)21-12-10-19(15-21)9-11-20(14-19)13-16-7-5-4-6-8-16/h4-8H,9-15H2,1-3H3/t19-/m0/s1. The lowest BCUT2D eigenvalue weighted by Crippen LogP contribution is -2.37. The second-order valence-corrected chi connectivity index (χ2v) is 8.10. The number of rotatable bonds is 2. The smallest absolute Gasteiger partial charge is 0.410 e. The Kier molecular flexibility index (Phi) is 4.37. The molecule has 2 heterocycles. The normalized spacial score (nSPS) is 25.3. The average Bonchev–Trinajstić information content (AvgIpc) is 3.06. The van der Waals surface area contributed by atoms with Crippen LogP contribution in [0.15, 0.2) is 30.3 Å². The van der Waals surface area contributed by atoms with E-state index in [2.05, 4.69) is 35.2 Å². The summed E-state index contributed by atoms with van der Waals surface area (Å²) in [6.45, 7) is 10.7. The Bertz CT molecular complexity index is 552. The van der Waals surface area contributed by atoms with Crippen LogP contribution in [0.1, 0.15) is 39.2 Å².